The number of para-hydroxylation sites is 1. The average Bonchev–Trinajstić information content (AvgIpc) is 2.72. The number of aromatic nitrogens is 3. The van der Waals surface area contributed by atoms with Gasteiger partial charge in [0.05, 0.1) is 18.5 Å². The quantitative estimate of drug-likeness (QED) is 0.193. The van der Waals surface area contributed by atoms with Gasteiger partial charge in [-0.15, -0.1) is 0 Å². The van der Waals surface area contributed by atoms with Crippen LogP contribution in [0.5, 0.6) is 5.75 Å². The molecule has 9 nitrogen and oxygen atoms in total. The smallest absolute Gasteiger partial charge is 0.245 e. The average molecular weight is 473 g/mol. The number of halogens is 1. The second-order valence-corrected chi connectivity index (χ2v) is 10.6. The van der Waals surface area contributed by atoms with Crippen molar-refractivity contribution in [2.24, 2.45) is 0 Å². The van der Waals surface area contributed by atoms with Crippen LogP contribution in [0.1, 0.15) is 5.82 Å². The zero-order valence-corrected chi connectivity index (χ0v) is 19.3. The molecule has 166 valence electrons. The number of carbonyl (C=O) groups excluding carboxylic acids is 1. The van der Waals surface area contributed by atoms with Crippen molar-refractivity contribution in [1.29, 1.82) is 0 Å². The number of anilines is 5. The van der Waals surface area contributed by atoms with Gasteiger partial charge in [0, 0.05) is 17.1 Å². The van der Waals surface area contributed by atoms with E-state index in [1.165, 1.54) is 13.2 Å². The molecule has 4 N–H and O–H groups in total. The minimum absolute atomic E-state index is 0.168. The molecule has 0 spiro atoms. The first-order valence-corrected chi connectivity index (χ1v) is 12.4. The van der Waals surface area contributed by atoms with Gasteiger partial charge in [-0.25, -0.2) is 0 Å². The first kappa shape index (κ1) is 23.2. The first-order chi connectivity index (χ1) is 15.2. The number of nitrogens with two attached hydrogens (primary N) is 1. The number of rotatable bonds is 8. The summed E-state index contributed by atoms with van der Waals surface area (Å²) in [5.74, 6) is 1.05. The minimum atomic E-state index is -2.57. The van der Waals surface area contributed by atoms with E-state index in [2.05, 4.69) is 25.6 Å². The van der Waals surface area contributed by atoms with Gasteiger partial charge < -0.3 is 25.7 Å². The summed E-state index contributed by atoms with van der Waals surface area (Å²) in [5, 5.41) is 6.12. The number of benzene rings is 2. The Hall–Kier alpha value is -3.42. The molecule has 0 aliphatic carbocycles. The lowest BCUT2D eigenvalue weighted by Crippen LogP contribution is -2.12. The van der Waals surface area contributed by atoms with Crippen LogP contribution in [-0.4, -0.2) is 40.6 Å². The first-order valence-electron chi connectivity index (χ1n) is 9.41. The molecule has 1 heterocycles. The van der Waals surface area contributed by atoms with E-state index in [-0.39, 0.29) is 17.7 Å². The number of allylic oxidation sites excluding steroid dienone is 1. The Labute approximate surface area is 190 Å². The van der Waals surface area contributed by atoms with Crippen molar-refractivity contribution in [3.05, 3.63) is 54.4 Å². The van der Waals surface area contributed by atoms with E-state index < -0.39 is 12.4 Å². The van der Waals surface area contributed by atoms with Crippen molar-refractivity contribution < 1.29 is 14.1 Å². The Kier molecular flexibility index (Phi) is 7.12. The van der Waals surface area contributed by atoms with Gasteiger partial charge in [0.1, 0.15) is 12.9 Å². The molecule has 11 heteroatoms. The van der Waals surface area contributed by atoms with E-state index in [0.717, 1.165) is 6.08 Å². The molecule has 0 atom stereocenters. The summed E-state index contributed by atoms with van der Waals surface area (Å²) in [6.45, 7) is 3.36. The minimum Gasteiger partial charge on any atom is -0.495 e. The molecule has 32 heavy (non-hydrogen) atoms. The summed E-state index contributed by atoms with van der Waals surface area (Å²) in [7, 11) is -1.04. The standard InChI is InChI=1S/C21H22ClN6O3P/c1-31-16-9-8-13(23)12-15(16)25-21-27-19(11-10-18(22)29)26-20(28-21)24-14-6-4-5-7-17(14)32(2,3)30/h4-12H,23H2,1-3H3,(H2,24,25,26,27,28)/b11-10+. The van der Waals surface area contributed by atoms with E-state index in [1.807, 2.05) is 12.1 Å². The third kappa shape index (κ3) is 6.06. The SMILES string of the molecule is COc1ccc(N)cc1Nc1nc(/C=C/C(=O)Cl)nc(Nc2ccccc2P(C)(C)=O)n1. The summed E-state index contributed by atoms with van der Waals surface area (Å²) in [6.07, 6.45) is 2.49. The third-order valence-electron chi connectivity index (χ3n) is 4.22. The predicted octanol–water partition coefficient (Wildman–Crippen LogP) is 3.98. The molecule has 3 rings (SSSR count). The molecule has 0 amide bonds. The molecule has 0 aliphatic rings. The molecule has 0 saturated carbocycles. The van der Waals surface area contributed by atoms with Crippen LogP contribution in [0.2, 0.25) is 0 Å². The lowest BCUT2D eigenvalue weighted by Gasteiger charge is -2.15. The van der Waals surface area contributed by atoms with Crippen molar-refractivity contribution in [2.75, 3.05) is 36.8 Å². The highest BCUT2D eigenvalue weighted by Crippen LogP contribution is 2.38. The Morgan fingerprint density at radius 1 is 1.06 bits per heavy atom. The maximum Gasteiger partial charge on any atom is 0.245 e. The number of carbonyl (C=O) groups is 1. The molecular weight excluding hydrogens is 451 g/mol. The highest BCUT2D eigenvalue weighted by Gasteiger charge is 2.17. The van der Waals surface area contributed by atoms with Gasteiger partial charge in [0.25, 0.3) is 0 Å². The van der Waals surface area contributed by atoms with Crippen LogP contribution < -0.4 is 26.4 Å². The predicted molar refractivity (Wildman–Crippen MR) is 129 cm³/mol. The molecule has 3 aromatic rings. The lowest BCUT2D eigenvalue weighted by molar-refractivity contribution is -0.107. The van der Waals surface area contributed by atoms with Crippen molar-refractivity contribution in [3.8, 4) is 5.75 Å². The van der Waals surface area contributed by atoms with Gasteiger partial charge >= 0.3 is 0 Å². The van der Waals surface area contributed by atoms with Crippen LogP contribution in [0.3, 0.4) is 0 Å². The Balaban J connectivity index is 2.04. The van der Waals surface area contributed by atoms with E-state index in [4.69, 9.17) is 22.1 Å². The molecule has 0 bridgehead atoms. The number of ether oxygens (including phenoxy) is 1. The van der Waals surface area contributed by atoms with Gasteiger partial charge in [-0.05, 0) is 61.3 Å². The van der Waals surface area contributed by atoms with E-state index in [0.29, 0.717) is 28.1 Å². The van der Waals surface area contributed by atoms with Crippen LogP contribution in [-0.2, 0) is 9.36 Å². The zero-order chi connectivity index (χ0) is 23.3. The maximum atomic E-state index is 12.7. The highest BCUT2D eigenvalue weighted by atomic mass is 35.5. The van der Waals surface area contributed by atoms with Crippen LogP contribution in [0.25, 0.3) is 6.08 Å². The number of nitrogens with zero attached hydrogens (tertiary/aromatic N) is 3. The summed E-state index contributed by atoms with van der Waals surface area (Å²) in [5.41, 5.74) is 7.54. The second kappa shape index (κ2) is 9.80. The summed E-state index contributed by atoms with van der Waals surface area (Å²) in [6, 6.07) is 12.3. The third-order valence-corrected chi connectivity index (χ3v) is 5.89. The number of hydrogen-bond donors (Lipinski definition) is 3. The van der Waals surface area contributed by atoms with Crippen LogP contribution in [0.15, 0.2) is 48.5 Å². The fourth-order valence-corrected chi connectivity index (χ4v) is 4.05. The number of nitrogens with one attached hydrogen (secondary N) is 2. The van der Waals surface area contributed by atoms with Crippen molar-refractivity contribution in [1.82, 2.24) is 15.0 Å². The largest absolute Gasteiger partial charge is 0.495 e. The molecule has 0 aliphatic heterocycles. The van der Waals surface area contributed by atoms with Crippen molar-refractivity contribution in [2.45, 2.75) is 0 Å². The number of methoxy groups -OCH3 is 1. The van der Waals surface area contributed by atoms with E-state index in [9.17, 15) is 9.36 Å². The molecule has 0 radical (unpaired) electrons. The van der Waals surface area contributed by atoms with Gasteiger partial charge in [0.15, 0.2) is 5.82 Å². The molecule has 0 unspecified atom stereocenters. The van der Waals surface area contributed by atoms with E-state index >= 15 is 0 Å². The zero-order valence-electron chi connectivity index (χ0n) is 17.7. The molecular formula is C21H22ClN6O3P. The fraction of sp³-hybridized carbons (Fsp3) is 0.143. The maximum absolute atomic E-state index is 12.7. The Morgan fingerprint density at radius 3 is 2.34 bits per heavy atom. The van der Waals surface area contributed by atoms with Gasteiger partial charge in [-0.3, -0.25) is 4.79 Å². The summed E-state index contributed by atoms with van der Waals surface area (Å²) >= 11 is 5.41. The molecule has 0 fully saturated rings. The van der Waals surface area contributed by atoms with Crippen LogP contribution >= 0.6 is 18.7 Å². The van der Waals surface area contributed by atoms with E-state index in [1.54, 1.807) is 43.7 Å². The van der Waals surface area contributed by atoms with Gasteiger partial charge in [-0.1, -0.05) is 12.1 Å². The number of nitrogen functional groups attached to an aromatic ring is 1. The summed E-state index contributed by atoms with van der Waals surface area (Å²) < 4.78 is 18.0. The normalized spacial score (nSPS) is 11.4. The van der Waals surface area contributed by atoms with Crippen LogP contribution in [0.4, 0.5) is 29.0 Å². The van der Waals surface area contributed by atoms with Crippen molar-refractivity contribution in [3.63, 3.8) is 0 Å². The van der Waals surface area contributed by atoms with Crippen LogP contribution in [0, 0.1) is 0 Å². The molecule has 0 saturated heterocycles. The highest BCUT2D eigenvalue weighted by molar-refractivity contribution is 7.70. The molecule has 1 aromatic heterocycles. The monoisotopic (exact) mass is 472 g/mol. The second-order valence-electron chi connectivity index (χ2n) is 7.06. The topological polar surface area (TPSA) is 132 Å². The van der Waals surface area contributed by atoms with Gasteiger partial charge in [-0.2, -0.15) is 15.0 Å². The van der Waals surface area contributed by atoms with Crippen molar-refractivity contribution >= 4 is 64.3 Å². The Morgan fingerprint density at radius 2 is 1.72 bits per heavy atom. The summed E-state index contributed by atoms with van der Waals surface area (Å²) in [4.78, 5) is 24.2. The van der Waals surface area contributed by atoms with Gasteiger partial charge in [0.2, 0.25) is 17.1 Å². The Bertz CT molecular complexity index is 1230. The fourth-order valence-electron chi connectivity index (χ4n) is 2.83. The molecule has 2 aromatic carbocycles. The number of hydrogen-bond acceptors (Lipinski definition) is 9. The lowest BCUT2D eigenvalue weighted by atomic mass is 10.2.